The van der Waals surface area contributed by atoms with Gasteiger partial charge in [-0.2, -0.15) is 5.26 Å². The number of amides is 1. The second kappa shape index (κ2) is 7.37. The van der Waals surface area contributed by atoms with Crippen LogP contribution in [0, 0.1) is 17.1 Å². The van der Waals surface area contributed by atoms with Gasteiger partial charge in [0.2, 0.25) is 0 Å². The quantitative estimate of drug-likeness (QED) is 0.478. The predicted molar refractivity (Wildman–Crippen MR) is 106 cm³/mol. The van der Waals surface area contributed by atoms with Crippen molar-refractivity contribution in [2.24, 2.45) is 0 Å². The summed E-state index contributed by atoms with van der Waals surface area (Å²) in [6, 6.07) is 6.46. The van der Waals surface area contributed by atoms with Gasteiger partial charge in [-0.25, -0.2) is 9.18 Å². The Kier molecular flexibility index (Phi) is 5.80. The van der Waals surface area contributed by atoms with Crippen LogP contribution in [0.5, 0.6) is 0 Å². The van der Waals surface area contributed by atoms with E-state index in [0.717, 1.165) is 18.2 Å². The van der Waals surface area contributed by atoms with Crippen molar-refractivity contribution in [3.63, 3.8) is 0 Å². The largest absolute Gasteiger partial charge is 0.444 e. The fraction of sp³-hybridized carbons (Fsp3) is 0.300. The van der Waals surface area contributed by atoms with E-state index in [1.165, 1.54) is 12.1 Å². The molecule has 0 radical (unpaired) electrons. The van der Waals surface area contributed by atoms with Crippen LogP contribution in [0.4, 0.5) is 28.6 Å². The first-order valence-corrected chi connectivity index (χ1v) is 10.9. The minimum absolute atomic E-state index is 0.00442. The molecule has 0 aromatic heterocycles. The van der Waals surface area contributed by atoms with Crippen molar-refractivity contribution in [1.29, 1.82) is 5.26 Å². The molecule has 0 heterocycles. The lowest BCUT2D eigenvalue weighted by molar-refractivity contribution is 0.0515. The molecule has 4 nitrogen and oxygen atoms in total. The molecule has 31 heavy (non-hydrogen) atoms. The highest BCUT2D eigenvalue weighted by Gasteiger charge is 2.65. The number of hydrogen-bond donors (Lipinski definition) is 1. The zero-order valence-electron chi connectivity index (χ0n) is 16.8. The highest BCUT2D eigenvalue weighted by Crippen LogP contribution is 3.02. The highest BCUT2D eigenvalue weighted by molar-refractivity contribution is 8.45. The number of halogens is 6. The molecular formula is C20H20F6N2O2S. The van der Waals surface area contributed by atoms with Crippen molar-refractivity contribution < 1.29 is 33.4 Å². The lowest BCUT2D eigenvalue weighted by Gasteiger charge is -2.40. The Morgan fingerprint density at radius 3 is 2.23 bits per heavy atom. The van der Waals surface area contributed by atoms with Crippen LogP contribution in [-0.2, 0) is 11.2 Å². The molecule has 0 unspecified atom stereocenters. The molecule has 1 amide bonds. The average Bonchev–Trinajstić information content (AvgIpc) is 2.59. The second-order valence-corrected chi connectivity index (χ2v) is 10.2. The molecule has 11 heteroatoms. The number of nitrogens with zero attached hydrogens (tertiary/aromatic N) is 1. The van der Waals surface area contributed by atoms with Gasteiger partial charge in [-0.15, -0.1) is 0 Å². The van der Waals surface area contributed by atoms with Crippen molar-refractivity contribution in [2.45, 2.75) is 43.7 Å². The Morgan fingerprint density at radius 1 is 1.10 bits per heavy atom. The summed E-state index contributed by atoms with van der Waals surface area (Å²) < 4.78 is 84.7. The SMILES string of the molecule is CC(C)(C)OC(=O)N[C@H](C#N)Cc1ccc(-c2cccc(S(F)(F)(F)(F)F)c2)cc1F. The summed E-state index contributed by atoms with van der Waals surface area (Å²) in [6.07, 6.45) is -1.11. The molecule has 0 aliphatic heterocycles. The zero-order chi connectivity index (χ0) is 23.7. The summed E-state index contributed by atoms with van der Waals surface area (Å²) in [5, 5.41) is 11.5. The molecule has 0 spiro atoms. The van der Waals surface area contributed by atoms with Crippen LogP contribution >= 0.6 is 10.2 Å². The van der Waals surface area contributed by atoms with E-state index < -0.39 is 38.7 Å². The molecule has 1 N–H and O–H groups in total. The number of alkyl carbamates (subject to hydrolysis) is 1. The van der Waals surface area contributed by atoms with Gasteiger partial charge >= 0.3 is 16.3 Å². The molecule has 170 valence electrons. The molecule has 0 saturated heterocycles. The van der Waals surface area contributed by atoms with Gasteiger partial charge in [-0.05, 0) is 55.7 Å². The number of nitrogens with one attached hydrogen (secondary N) is 1. The van der Waals surface area contributed by atoms with Gasteiger partial charge in [-0.1, -0.05) is 43.7 Å². The molecule has 2 rings (SSSR count). The van der Waals surface area contributed by atoms with Gasteiger partial charge in [0, 0.05) is 6.42 Å². The summed E-state index contributed by atoms with van der Waals surface area (Å²) in [7, 11) is -9.88. The van der Waals surface area contributed by atoms with E-state index >= 15 is 0 Å². The van der Waals surface area contributed by atoms with Crippen LogP contribution in [0.2, 0.25) is 0 Å². The minimum Gasteiger partial charge on any atom is -0.444 e. The average molecular weight is 466 g/mol. The number of hydrogen-bond acceptors (Lipinski definition) is 3. The number of ether oxygens (including phenoxy) is 1. The minimum atomic E-state index is -9.88. The maximum Gasteiger partial charge on any atom is 0.408 e. The van der Waals surface area contributed by atoms with Crippen LogP contribution in [0.25, 0.3) is 11.1 Å². The third kappa shape index (κ3) is 7.10. The normalized spacial score (nSPS) is 15.2. The molecule has 0 aliphatic rings. The number of rotatable bonds is 5. The van der Waals surface area contributed by atoms with Gasteiger partial charge in [0.05, 0.1) is 6.07 Å². The van der Waals surface area contributed by atoms with E-state index in [9.17, 15) is 33.9 Å². The Bertz CT molecular complexity index is 1040. The van der Waals surface area contributed by atoms with Crippen LogP contribution in [0.3, 0.4) is 0 Å². The number of carbonyl (C=O) groups excluding carboxylic acids is 1. The summed E-state index contributed by atoms with van der Waals surface area (Å²) in [5.74, 6) is -0.874. The number of carbonyl (C=O) groups is 1. The second-order valence-electron chi connectivity index (χ2n) is 7.84. The third-order valence-electron chi connectivity index (χ3n) is 3.94. The van der Waals surface area contributed by atoms with E-state index in [1.54, 1.807) is 26.8 Å². The monoisotopic (exact) mass is 466 g/mol. The van der Waals surface area contributed by atoms with Crippen molar-refractivity contribution in [3.05, 3.63) is 53.8 Å². The third-order valence-corrected chi connectivity index (χ3v) is 5.08. The fourth-order valence-electron chi connectivity index (χ4n) is 2.61. The Balaban J connectivity index is 2.25. The molecule has 2 aromatic carbocycles. The van der Waals surface area contributed by atoms with Crippen LogP contribution in [0.1, 0.15) is 26.3 Å². The van der Waals surface area contributed by atoms with E-state index in [4.69, 9.17) is 4.74 Å². The molecule has 2 aromatic rings. The molecule has 1 atom stereocenters. The topological polar surface area (TPSA) is 62.1 Å². The van der Waals surface area contributed by atoms with E-state index in [2.05, 4.69) is 5.32 Å². The lowest BCUT2D eigenvalue weighted by Crippen LogP contribution is -2.39. The predicted octanol–water partition coefficient (Wildman–Crippen LogP) is 7.11. The standard InChI is InChI=1S/C20H20F6N2O2S/c1-20(2,3)30-19(29)28-16(12-27)9-15-8-7-14(11-18(15)21)13-5-4-6-17(10-13)31(22,23,24,25)26/h4-8,10-11,16H,9H2,1-3H3,(H,28,29)/t16-/m0/s1. The van der Waals surface area contributed by atoms with Crippen LogP contribution in [0.15, 0.2) is 47.4 Å². The lowest BCUT2D eigenvalue weighted by atomic mass is 10.0. The maximum absolute atomic E-state index is 14.5. The Hall–Kier alpha value is -2.87. The summed E-state index contributed by atoms with van der Waals surface area (Å²) >= 11 is 0. The van der Waals surface area contributed by atoms with Crippen molar-refractivity contribution in [3.8, 4) is 17.2 Å². The molecule has 0 fully saturated rings. The smallest absolute Gasteiger partial charge is 0.408 e. The van der Waals surface area contributed by atoms with Crippen molar-refractivity contribution in [2.75, 3.05) is 0 Å². The summed E-state index contributed by atoms with van der Waals surface area (Å²) in [4.78, 5) is 9.70. The first kappa shape index (κ1) is 24.4. The summed E-state index contributed by atoms with van der Waals surface area (Å²) in [5.41, 5.74) is -1.12. The molecule has 0 saturated carbocycles. The first-order chi connectivity index (χ1) is 13.9. The number of benzene rings is 2. The fourth-order valence-corrected chi connectivity index (χ4v) is 3.29. The number of nitriles is 1. The van der Waals surface area contributed by atoms with Gasteiger partial charge in [0.1, 0.15) is 22.4 Å². The van der Waals surface area contributed by atoms with Crippen molar-refractivity contribution in [1.82, 2.24) is 5.32 Å². The Morgan fingerprint density at radius 2 is 1.71 bits per heavy atom. The van der Waals surface area contributed by atoms with Crippen LogP contribution < -0.4 is 5.32 Å². The van der Waals surface area contributed by atoms with Gasteiger partial charge < -0.3 is 10.1 Å². The van der Waals surface area contributed by atoms with E-state index in [-0.39, 0.29) is 35.2 Å². The molecule has 0 aliphatic carbocycles. The van der Waals surface area contributed by atoms with Gasteiger partial charge in [0.15, 0.2) is 0 Å². The van der Waals surface area contributed by atoms with Crippen molar-refractivity contribution >= 4 is 16.3 Å². The van der Waals surface area contributed by atoms with Gasteiger partial charge in [-0.3, -0.25) is 0 Å². The van der Waals surface area contributed by atoms with E-state index in [1.807, 2.05) is 0 Å². The van der Waals surface area contributed by atoms with Crippen LogP contribution in [-0.4, -0.2) is 17.7 Å². The van der Waals surface area contributed by atoms with Gasteiger partial charge in [0.25, 0.3) is 0 Å². The highest BCUT2D eigenvalue weighted by atomic mass is 32.5. The first-order valence-electron chi connectivity index (χ1n) is 8.90. The summed E-state index contributed by atoms with van der Waals surface area (Å²) in [6.45, 7) is 4.87. The Labute approximate surface area is 175 Å². The maximum atomic E-state index is 14.5. The molecular weight excluding hydrogens is 446 g/mol. The van der Waals surface area contributed by atoms with E-state index in [0.29, 0.717) is 0 Å². The zero-order valence-corrected chi connectivity index (χ0v) is 17.6. The molecule has 0 bridgehead atoms.